The first-order valence-corrected chi connectivity index (χ1v) is 7.17. The van der Waals surface area contributed by atoms with Crippen LogP contribution in [0.4, 0.5) is 0 Å². The lowest BCUT2D eigenvalue weighted by molar-refractivity contribution is -0.109. The van der Waals surface area contributed by atoms with Gasteiger partial charge in [-0.05, 0) is 0 Å². The summed E-state index contributed by atoms with van der Waals surface area (Å²) in [4.78, 5) is 12.1. The Morgan fingerprint density at radius 2 is 2.17 bits per heavy atom. The molecule has 0 unspecified atom stereocenters. The summed E-state index contributed by atoms with van der Waals surface area (Å²) in [6, 6.07) is 9.31. The highest BCUT2D eigenvalue weighted by Gasteiger charge is 2.10. The van der Waals surface area contributed by atoms with Crippen LogP contribution in [0.25, 0.3) is 11.3 Å². The average molecular weight is 316 g/mol. The van der Waals surface area contributed by atoms with E-state index in [-0.39, 0.29) is 0 Å². The first kappa shape index (κ1) is 16.7. The predicted octanol–water partition coefficient (Wildman–Crippen LogP) is 1.49. The molecule has 1 amide bonds. The standard InChI is InChI=1S/C16H20N4O3/c1-20(7-8-22-2)16(17)13-5-3-12(4-6-13)15-9-14(23-19-15)10-18-11-21/h3-6,9,11,17H,7-8,10H2,1-2H3,(H,18,21). The van der Waals surface area contributed by atoms with Crippen LogP contribution in [0.2, 0.25) is 0 Å². The molecular formula is C16H20N4O3. The first-order valence-electron chi connectivity index (χ1n) is 7.17. The summed E-state index contributed by atoms with van der Waals surface area (Å²) in [6.07, 6.45) is 0.614. The molecule has 0 bridgehead atoms. The minimum atomic E-state index is 0.309. The fraction of sp³-hybridized carbons (Fsp3) is 0.312. The summed E-state index contributed by atoms with van der Waals surface area (Å²) in [5.41, 5.74) is 2.40. The van der Waals surface area contributed by atoms with Gasteiger partial charge in [-0.15, -0.1) is 0 Å². The molecule has 122 valence electrons. The molecule has 0 spiro atoms. The predicted molar refractivity (Wildman–Crippen MR) is 86.2 cm³/mol. The van der Waals surface area contributed by atoms with Crippen LogP contribution in [0.3, 0.4) is 0 Å². The van der Waals surface area contributed by atoms with Gasteiger partial charge in [-0.3, -0.25) is 10.2 Å². The second-order valence-electron chi connectivity index (χ2n) is 5.02. The molecule has 7 nitrogen and oxygen atoms in total. The summed E-state index contributed by atoms with van der Waals surface area (Å²) < 4.78 is 10.2. The van der Waals surface area contributed by atoms with E-state index in [0.717, 1.165) is 11.1 Å². The molecule has 7 heteroatoms. The Bertz CT molecular complexity index is 652. The molecule has 0 aliphatic carbocycles. The molecule has 2 N–H and O–H groups in total. The average Bonchev–Trinajstić information content (AvgIpc) is 3.06. The lowest BCUT2D eigenvalue weighted by Gasteiger charge is -2.19. The number of amides is 1. The van der Waals surface area contributed by atoms with Gasteiger partial charge in [-0.1, -0.05) is 29.4 Å². The topological polar surface area (TPSA) is 91.5 Å². The van der Waals surface area contributed by atoms with Gasteiger partial charge in [0.1, 0.15) is 11.5 Å². The Kier molecular flexibility index (Phi) is 5.87. The van der Waals surface area contributed by atoms with Crippen molar-refractivity contribution in [2.75, 3.05) is 27.3 Å². The second-order valence-corrected chi connectivity index (χ2v) is 5.02. The smallest absolute Gasteiger partial charge is 0.207 e. The molecule has 1 aromatic heterocycles. The van der Waals surface area contributed by atoms with Crippen molar-refractivity contribution in [2.45, 2.75) is 6.54 Å². The van der Waals surface area contributed by atoms with E-state index in [9.17, 15) is 4.79 Å². The van der Waals surface area contributed by atoms with Gasteiger partial charge in [0.05, 0.1) is 13.2 Å². The summed E-state index contributed by atoms with van der Waals surface area (Å²) >= 11 is 0. The van der Waals surface area contributed by atoms with E-state index < -0.39 is 0 Å². The van der Waals surface area contributed by atoms with Crippen LogP contribution in [-0.4, -0.2) is 49.6 Å². The number of hydrogen-bond acceptors (Lipinski definition) is 5. The fourth-order valence-corrected chi connectivity index (χ4v) is 2.03. The molecule has 1 heterocycles. The van der Waals surface area contributed by atoms with Crippen molar-refractivity contribution in [3.63, 3.8) is 0 Å². The Balaban J connectivity index is 2.05. The third kappa shape index (κ3) is 4.40. The maximum atomic E-state index is 10.3. The van der Waals surface area contributed by atoms with Gasteiger partial charge in [0.25, 0.3) is 0 Å². The molecule has 0 atom stereocenters. The lowest BCUT2D eigenvalue weighted by atomic mass is 10.1. The van der Waals surface area contributed by atoms with Crippen LogP contribution in [-0.2, 0) is 16.1 Å². The molecular weight excluding hydrogens is 296 g/mol. The number of likely N-dealkylation sites (N-methyl/N-ethyl adjacent to an activating group) is 1. The number of rotatable bonds is 8. The van der Waals surface area contributed by atoms with E-state index in [1.165, 1.54) is 0 Å². The Labute approximate surface area is 134 Å². The van der Waals surface area contributed by atoms with Crippen LogP contribution in [0.15, 0.2) is 34.9 Å². The quantitative estimate of drug-likeness (QED) is 0.437. The summed E-state index contributed by atoms with van der Waals surface area (Å²) in [5, 5.41) is 14.7. The number of amidine groups is 1. The van der Waals surface area contributed by atoms with E-state index in [1.807, 2.05) is 36.2 Å². The number of ether oxygens (including phenoxy) is 1. The fourth-order valence-electron chi connectivity index (χ4n) is 2.03. The summed E-state index contributed by atoms with van der Waals surface area (Å²) in [6.45, 7) is 1.55. The van der Waals surface area contributed by atoms with Crippen molar-refractivity contribution in [3.8, 4) is 11.3 Å². The molecule has 2 rings (SSSR count). The largest absolute Gasteiger partial charge is 0.383 e. The number of benzene rings is 1. The second kappa shape index (κ2) is 8.09. The van der Waals surface area contributed by atoms with E-state index >= 15 is 0 Å². The van der Waals surface area contributed by atoms with Gasteiger partial charge in [0.2, 0.25) is 6.41 Å². The Morgan fingerprint density at radius 3 is 2.83 bits per heavy atom. The molecule has 0 aliphatic heterocycles. The molecule has 0 fully saturated rings. The zero-order chi connectivity index (χ0) is 16.7. The molecule has 0 aliphatic rings. The SMILES string of the molecule is COCCN(C)C(=N)c1ccc(-c2cc(CNC=O)on2)cc1. The number of nitrogens with zero attached hydrogens (tertiary/aromatic N) is 2. The van der Waals surface area contributed by atoms with Crippen LogP contribution >= 0.6 is 0 Å². The molecule has 1 aromatic carbocycles. The van der Waals surface area contributed by atoms with Crippen molar-refractivity contribution in [2.24, 2.45) is 0 Å². The molecule has 23 heavy (non-hydrogen) atoms. The highest BCUT2D eigenvalue weighted by Crippen LogP contribution is 2.20. The van der Waals surface area contributed by atoms with Gasteiger partial charge in [0, 0.05) is 37.9 Å². The van der Waals surface area contributed by atoms with E-state index in [2.05, 4.69) is 10.5 Å². The molecule has 0 saturated carbocycles. The Morgan fingerprint density at radius 1 is 1.43 bits per heavy atom. The summed E-state index contributed by atoms with van der Waals surface area (Å²) in [5.74, 6) is 1.02. The highest BCUT2D eigenvalue weighted by molar-refractivity contribution is 5.96. The number of methoxy groups -OCH3 is 1. The Hall–Kier alpha value is -2.67. The number of carbonyl (C=O) groups is 1. The molecule has 2 aromatic rings. The van der Waals surface area contributed by atoms with E-state index in [0.29, 0.717) is 43.4 Å². The normalized spacial score (nSPS) is 10.3. The van der Waals surface area contributed by atoms with Crippen LogP contribution in [0.5, 0.6) is 0 Å². The van der Waals surface area contributed by atoms with Gasteiger partial charge < -0.3 is 19.5 Å². The van der Waals surface area contributed by atoms with Crippen LogP contribution in [0.1, 0.15) is 11.3 Å². The minimum absolute atomic E-state index is 0.309. The maximum absolute atomic E-state index is 10.3. The van der Waals surface area contributed by atoms with Gasteiger partial charge >= 0.3 is 0 Å². The van der Waals surface area contributed by atoms with Crippen molar-refractivity contribution in [1.82, 2.24) is 15.4 Å². The van der Waals surface area contributed by atoms with E-state index in [4.69, 9.17) is 14.7 Å². The van der Waals surface area contributed by atoms with Crippen molar-refractivity contribution in [3.05, 3.63) is 41.7 Å². The third-order valence-corrected chi connectivity index (χ3v) is 3.39. The summed E-state index contributed by atoms with van der Waals surface area (Å²) in [7, 11) is 3.50. The lowest BCUT2D eigenvalue weighted by Crippen LogP contribution is -2.29. The first-order chi connectivity index (χ1) is 11.2. The zero-order valence-electron chi connectivity index (χ0n) is 13.2. The van der Waals surface area contributed by atoms with Gasteiger partial charge in [-0.25, -0.2) is 0 Å². The minimum Gasteiger partial charge on any atom is -0.383 e. The van der Waals surface area contributed by atoms with Crippen molar-refractivity contribution in [1.29, 1.82) is 5.41 Å². The van der Waals surface area contributed by atoms with Crippen LogP contribution < -0.4 is 5.32 Å². The van der Waals surface area contributed by atoms with Crippen molar-refractivity contribution < 1.29 is 14.1 Å². The number of aromatic nitrogens is 1. The third-order valence-electron chi connectivity index (χ3n) is 3.39. The highest BCUT2D eigenvalue weighted by atomic mass is 16.5. The number of nitrogens with one attached hydrogen (secondary N) is 2. The maximum Gasteiger partial charge on any atom is 0.207 e. The molecule has 0 radical (unpaired) electrons. The van der Waals surface area contributed by atoms with Gasteiger partial charge in [0.15, 0.2) is 5.76 Å². The monoisotopic (exact) mass is 316 g/mol. The van der Waals surface area contributed by atoms with Gasteiger partial charge in [-0.2, -0.15) is 0 Å². The van der Waals surface area contributed by atoms with E-state index in [1.54, 1.807) is 13.2 Å². The van der Waals surface area contributed by atoms with Crippen molar-refractivity contribution >= 4 is 12.2 Å². The zero-order valence-corrected chi connectivity index (χ0v) is 13.2. The molecule has 0 saturated heterocycles. The number of carbonyl (C=O) groups excluding carboxylic acids is 1. The van der Waals surface area contributed by atoms with Crippen LogP contribution in [0, 0.1) is 5.41 Å². The number of hydrogen-bond donors (Lipinski definition) is 2.